The molecule has 0 radical (unpaired) electrons. The predicted molar refractivity (Wildman–Crippen MR) is 213 cm³/mol. The smallest absolute Gasteiger partial charge is 0.463 e. The molecule has 0 aliphatic carbocycles. The Kier molecular flexibility index (Phi) is 40.0. The molecule has 0 aromatic heterocycles. The van der Waals surface area contributed by atoms with E-state index in [9.17, 15) is 24.8 Å². The van der Waals surface area contributed by atoms with Crippen molar-refractivity contribution in [2.24, 2.45) is 0 Å². The predicted octanol–water partition coefficient (Wildman–Crippen LogP) is 10.3. The lowest BCUT2D eigenvalue weighted by molar-refractivity contribution is -0.147. The van der Waals surface area contributed by atoms with Crippen LogP contribution in [0, 0.1) is 0 Å². The van der Waals surface area contributed by atoms with E-state index in [1.165, 1.54) is 154 Å². The van der Waals surface area contributed by atoms with Crippen LogP contribution in [0.25, 0.3) is 0 Å². The third-order valence-electron chi connectivity index (χ3n) is 9.70. The normalized spacial score (nSPS) is 12.6. The maximum Gasteiger partial charge on any atom is 0.636 e. The van der Waals surface area contributed by atoms with Crippen molar-refractivity contribution in [1.82, 2.24) is 0 Å². The first-order chi connectivity index (χ1) is 25.4. The summed E-state index contributed by atoms with van der Waals surface area (Å²) in [7, 11) is -1.68. The number of esters is 2. The molecular formula is C42H83BO9. The largest absolute Gasteiger partial charge is 0.636 e. The molecule has 0 saturated heterocycles. The molecule has 2 atom stereocenters. The van der Waals surface area contributed by atoms with Gasteiger partial charge in [-0.25, -0.2) is 0 Å². The van der Waals surface area contributed by atoms with Crippen LogP contribution in [0.15, 0.2) is 0 Å². The van der Waals surface area contributed by atoms with Crippen molar-refractivity contribution < 1.29 is 43.6 Å². The van der Waals surface area contributed by atoms with E-state index in [0.717, 1.165) is 38.5 Å². The zero-order valence-electron chi connectivity index (χ0n) is 34.0. The highest BCUT2D eigenvalue weighted by atomic mass is 16.7. The lowest BCUT2D eigenvalue weighted by Gasteiger charge is -2.15. The monoisotopic (exact) mass is 743 g/mol. The number of hydrogen-bond donors (Lipinski definition) is 3. The minimum absolute atomic E-state index is 0.234. The molecule has 0 amide bonds. The Hall–Kier alpha value is -1.20. The highest BCUT2D eigenvalue weighted by molar-refractivity contribution is 6.34. The van der Waals surface area contributed by atoms with Gasteiger partial charge in [-0.1, -0.05) is 194 Å². The summed E-state index contributed by atoms with van der Waals surface area (Å²) in [5, 5.41) is 29.8. The maximum atomic E-state index is 12.0. The van der Waals surface area contributed by atoms with Crippen LogP contribution in [-0.4, -0.2) is 73.1 Å². The van der Waals surface area contributed by atoms with Gasteiger partial charge in [0, 0.05) is 12.8 Å². The van der Waals surface area contributed by atoms with Gasteiger partial charge in [0.1, 0.15) is 25.4 Å². The minimum Gasteiger partial charge on any atom is -0.463 e. The Labute approximate surface area is 320 Å². The molecule has 0 rings (SSSR count). The van der Waals surface area contributed by atoms with Gasteiger partial charge >= 0.3 is 19.3 Å². The quantitative estimate of drug-likeness (QED) is 0.0318. The van der Waals surface area contributed by atoms with E-state index in [2.05, 4.69) is 13.8 Å². The molecular weight excluding hydrogens is 659 g/mol. The fourth-order valence-electron chi connectivity index (χ4n) is 6.34. The Morgan fingerprint density at radius 2 is 0.635 bits per heavy atom. The molecule has 0 fully saturated rings. The summed E-state index contributed by atoms with van der Waals surface area (Å²) in [6, 6.07) is 0. The second kappa shape index (κ2) is 41.0. The Morgan fingerprint density at radius 3 is 0.885 bits per heavy atom. The average Bonchev–Trinajstić information content (AvgIpc) is 3.14. The summed E-state index contributed by atoms with van der Waals surface area (Å²) < 4.78 is 20.2. The van der Waals surface area contributed by atoms with Crippen LogP contribution in [0.1, 0.15) is 219 Å². The first-order valence-electron chi connectivity index (χ1n) is 22.0. The summed E-state index contributed by atoms with van der Waals surface area (Å²) in [6.45, 7) is 3.43. The second-order valence-corrected chi connectivity index (χ2v) is 15.0. The van der Waals surface area contributed by atoms with Gasteiger partial charge in [0.25, 0.3) is 0 Å². The van der Waals surface area contributed by atoms with E-state index in [4.69, 9.17) is 18.8 Å². The second-order valence-electron chi connectivity index (χ2n) is 15.0. The lowest BCUT2D eigenvalue weighted by atomic mass is 10.0. The number of aliphatic hydroxyl groups excluding tert-OH is 2. The number of aliphatic hydroxyl groups is 2. The molecule has 52 heavy (non-hydrogen) atoms. The molecule has 0 aromatic rings. The number of carbonyl (C=O) groups is 2. The molecule has 10 heteroatoms. The van der Waals surface area contributed by atoms with Gasteiger partial charge in [-0.3, -0.25) is 9.59 Å². The van der Waals surface area contributed by atoms with E-state index in [-0.39, 0.29) is 38.4 Å². The number of rotatable bonds is 42. The van der Waals surface area contributed by atoms with Gasteiger partial charge in [0.15, 0.2) is 0 Å². The molecule has 0 heterocycles. The molecule has 0 aliphatic heterocycles. The average molecular weight is 743 g/mol. The zero-order valence-corrected chi connectivity index (χ0v) is 34.0. The molecule has 3 N–H and O–H groups in total. The lowest BCUT2D eigenvalue weighted by Crippen LogP contribution is -2.34. The van der Waals surface area contributed by atoms with Crippen LogP contribution in [-0.2, 0) is 28.4 Å². The van der Waals surface area contributed by atoms with E-state index in [1.807, 2.05) is 0 Å². The van der Waals surface area contributed by atoms with Crippen LogP contribution in [0.2, 0.25) is 0 Å². The number of hydrogen-bond acceptors (Lipinski definition) is 9. The summed E-state index contributed by atoms with van der Waals surface area (Å²) in [5.74, 6) is -0.717. The van der Waals surface area contributed by atoms with Gasteiger partial charge in [-0.05, 0) is 12.8 Å². The number of unbranched alkanes of at least 4 members (excludes halogenated alkanes) is 28. The van der Waals surface area contributed by atoms with Crippen LogP contribution < -0.4 is 0 Å². The van der Waals surface area contributed by atoms with Gasteiger partial charge in [-0.15, -0.1) is 0 Å². The zero-order chi connectivity index (χ0) is 38.2. The highest BCUT2D eigenvalue weighted by Gasteiger charge is 2.21. The van der Waals surface area contributed by atoms with Gasteiger partial charge in [0.2, 0.25) is 0 Å². The topological polar surface area (TPSA) is 132 Å². The van der Waals surface area contributed by atoms with Crippen LogP contribution in [0.5, 0.6) is 0 Å². The molecule has 0 aromatic carbocycles. The Morgan fingerprint density at radius 1 is 0.404 bits per heavy atom. The van der Waals surface area contributed by atoms with Crippen molar-refractivity contribution >= 4 is 19.3 Å². The molecule has 2 unspecified atom stereocenters. The minimum atomic E-state index is -1.68. The first-order valence-corrected chi connectivity index (χ1v) is 22.0. The standard InChI is InChI=1S/C42H83BO9/c1-3-5-7-9-11-13-15-17-19-21-23-25-27-29-31-33-41(46)49-35-39(44)37-51-43(48)52-38-40(45)36-50-42(47)34-32-30-28-26-24-22-20-18-16-14-12-10-8-6-4-2/h39-40,44-45,48H,3-38H2,1-2H3. The molecule has 0 saturated carbocycles. The van der Waals surface area contributed by atoms with E-state index < -0.39 is 19.5 Å². The first kappa shape index (κ1) is 50.8. The van der Waals surface area contributed by atoms with Crippen molar-refractivity contribution in [3.63, 3.8) is 0 Å². The van der Waals surface area contributed by atoms with Crippen molar-refractivity contribution in [3.8, 4) is 0 Å². The molecule has 0 spiro atoms. The molecule has 9 nitrogen and oxygen atoms in total. The van der Waals surface area contributed by atoms with Crippen molar-refractivity contribution in [3.05, 3.63) is 0 Å². The maximum absolute atomic E-state index is 12.0. The number of carbonyl (C=O) groups excluding carboxylic acids is 2. The van der Waals surface area contributed by atoms with Crippen LogP contribution in [0.3, 0.4) is 0 Å². The van der Waals surface area contributed by atoms with Crippen LogP contribution in [0.4, 0.5) is 0 Å². The third kappa shape index (κ3) is 40.0. The highest BCUT2D eigenvalue weighted by Crippen LogP contribution is 2.15. The van der Waals surface area contributed by atoms with Crippen LogP contribution >= 0.6 is 0 Å². The van der Waals surface area contributed by atoms with Gasteiger partial charge in [0.05, 0.1) is 13.2 Å². The fourth-order valence-corrected chi connectivity index (χ4v) is 6.34. The summed E-state index contributed by atoms with van der Waals surface area (Å²) in [4.78, 5) is 24.0. The van der Waals surface area contributed by atoms with Gasteiger partial charge < -0.3 is 34.0 Å². The Balaban J connectivity index is 3.54. The molecule has 308 valence electrons. The molecule has 0 aliphatic rings. The fraction of sp³-hybridized carbons (Fsp3) is 0.952. The van der Waals surface area contributed by atoms with Crippen molar-refractivity contribution in [2.45, 2.75) is 232 Å². The van der Waals surface area contributed by atoms with E-state index >= 15 is 0 Å². The Bertz CT molecular complexity index is 697. The van der Waals surface area contributed by atoms with Crippen molar-refractivity contribution in [2.75, 3.05) is 26.4 Å². The number of ether oxygens (including phenoxy) is 2. The third-order valence-corrected chi connectivity index (χ3v) is 9.70. The van der Waals surface area contributed by atoms with Gasteiger partial charge in [-0.2, -0.15) is 0 Å². The van der Waals surface area contributed by atoms with Crippen molar-refractivity contribution in [1.29, 1.82) is 0 Å². The van der Waals surface area contributed by atoms with E-state index in [1.54, 1.807) is 0 Å². The summed E-state index contributed by atoms with van der Waals surface area (Å²) in [5.41, 5.74) is 0. The summed E-state index contributed by atoms with van der Waals surface area (Å²) in [6.07, 6.45) is 36.3. The summed E-state index contributed by atoms with van der Waals surface area (Å²) >= 11 is 0. The van der Waals surface area contributed by atoms with E-state index in [0.29, 0.717) is 12.8 Å². The SMILES string of the molecule is CCCCCCCCCCCCCCCCCC(=O)OCC(O)COB(O)OCC(O)COC(=O)CCCCCCCCCCCCCCCCC. The molecule has 0 bridgehead atoms.